The van der Waals surface area contributed by atoms with Gasteiger partial charge in [0, 0.05) is 24.7 Å². The molecule has 1 unspecified atom stereocenters. The molecule has 3 aliphatic heterocycles. The van der Waals surface area contributed by atoms with Gasteiger partial charge in [0.1, 0.15) is 17.6 Å². The van der Waals surface area contributed by atoms with Gasteiger partial charge in [0.25, 0.3) is 5.56 Å². The molecule has 0 saturated carbocycles. The molecule has 35 heavy (non-hydrogen) atoms. The summed E-state index contributed by atoms with van der Waals surface area (Å²) in [4.78, 5) is 32.8. The number of aromatic nitrogens is 2. The van der Waals surface area contributed by atoms with Crippen LogP contribution in [0.25, 0.3) is 0 Å². The highest BCUT2D eigenvalue weighted by Crippen LogP contribution is 2.36. The molecule has 3 aliphatic rings. The Labute approximate surface area is 195 Å². The Morgan fingerprint density at radius 3 is 2.57 bits per heavy atom. The average Bonchev–Trinajstić information content (AvgIpc) is 3.42. The fraction of sp³-hybridized carbons (Fsp3) is 0.500. The molecule has 1 aromatic carbocycles. The Hall–Kier alpha value is -3.22. The summed E-state index contributed by atoms with van der Waals surface area (Å²) in [5.41, 5.74) is -0.488. The predicted molar refractivity (Wildman–Crippen MR) is 113 cm³/mol. The molecule has 4 heterocycles. The Balaban J connectivity index is 1.47. The maximum absolute atomic E-state index is 14.0. The number of carbonyl (C=O) groups excluding carboxylic acids is 1. The number of nitrogens with zero attached hydrogens (tertiary/aromatic N) is 4. The third-order valence-corrected chi connectivity index (χ3v) is 6.52. The van der Waals surface area contributed by atoms with Gasteiger partial charge in [-0.1, -0.05) is 0 Å². The van der Waals surface area contributed by atoms with Crippen LogP contribution < -0.4 is 20.1 Å². The number of Topliss-reactive ketones (excluding diaryl/α,β-unsaturated/α-hetero) is 1. The van der Waals surface area contributed by atoms with Gasteiger partial charge >= 0.3 is 12.8 Å². The summed E-state index contributed by atoms with van der Waals surface area (Å²) in [5.74, 6) is -0.846. The summed E-state index contributed by atoms with van der Waals surface area (Å²) in [7, 11) is 0. The van der Waals surface area contributed by atoms with Gasteiger partial charge in [-0.3, -0.25) is 14.2 Å². The normalized spacial score (nSPS) is 23.7. The van der Waals surface area contributed by atoms with Gasteiger partial charge in [0.15, 0.2) is 5.78 Å². The van der Waals surface area contributed by atoms with E-state index in [1.807, 2.05) is 4.90 Å². The van der Waals surface area contributed by atoms with E-state index in [-0.39, 0.29) is 41.8 Å². The lowest BCUT2D eigenvalue weighted by molar-refractivity contribution is -0.152. The molecule has 0 aliphatic carbocycles. The molecule has 0 N–H and O–H groups in total. The van der Waals surface area contributed by atoms with Gasteiger partial charge < -0.3 is 19.3 Å². The Morgan fingerprint density at radius 1 is 1.23 bits per heavy atom. The lowest BCUT2D eigenvalue weighted by Gasteiger charge is -2.39. The van der Waals surface area contributed by atoms with E-state index in [2.05, 4.69) is 9.72 Å². The average molecular weight is 500 g/mol. The van der Waals surface area contributed by atoms with Crippen LogP contribution in [0.3, 0.4) is 0 Å². The summed E-state index contributed by atoms with van der Waals surface area (Å²) in [6.07, 6.45) is -4.36. The number of anilines is 2. The highest BCUT2D eigenvalue weighted by atomic mass is 19.4. The fourth-order valence-electron chi connectivity index (χ4n) is 4.87. The number of carbonyl (C=O) groups is 1. The lowest BCUT2D eigenvalue weighted by atomic mass is 10.1. The molecule has 1 aromatic heterocycles. The van der Waals surface area contributed by atoms with Crippen LogP contribution in [0, 0.1) is 0 Å². The number of halogens is 5. The van der Waals surface area contributed by atoms with Crippen molar-refractivity contribution >= 4 is 17.5 Å². The van der Waals surface area contributed by atoms with Crippen LogP contribution in [0.2, 0.25) is 0 Å². The first-order chi connectivity index (χ1) is 16.6. The molecule has 13 heteroatoms. The molecule has 2 aromatic rings. The second-order valence-corrected chi connectivity index (χ2v) is 8.70. The highest BCUT2D eigenvalue weighted by Gasteiger charge is 2.48. The van der Waals surface area contributed by atoms with Crippen molar-refractivity contribution in [2.24, 2.45) is 0 Å². The summed E-state index contributed by atoms with van der Waals surface area (Å²) in [5, 5.41) is 0. The molecule has 2 bridgehead atoms. The molecule has 188 valence electrons. The number of hydrogen-bond donors (Lipinski definition) is 0. The second kappa shape index (κ2) is 8.77. The van der Waals surface area contributed by atoms with Crippen LogP contribution in [-0.4, -0.2) is 66.0 Å². The third-order valence-electron chi connectivity index (χ3n) is 6.52. The van der Waals surface area contributed by atoms with Gasteiger partial charge in [0.2, 0.25) is 5.95 Å². The minimum atomic E-state index is -4.67. The standard InChI is InChI=1S/C22H21F5N4O4/c23-20(24)35-14-3-1-12(2-4-14)16(32)10-31-17(22(25,26)27)5-6-29-19(33)8-18(28-21(29)31)30-9-15-7-13(30)11-34-15/h1-4,8,13,15,17,20H,5-7,9-11H2/t13-,15-,17?/m0/s1. The number of ketones is 1. The molecule has 3 atom stereocenters. The molecule has 0 radical (unpaired) electrons. The van der Waals surface area contributed by atoms with Crippen molar-refractivity contribution < 1.29 is 36.2 Å². The van der Waals surface area contributed by atoms with Crippen LogP contribution >= 0.6 is 0 Å². The fourth-order valence-corrected chi connectivity index (χ4v) is 4.87. The molecular formula is C22H21F5N4O4. The SMILES string of the molecule is O=C(CN1c2nc(N3C[C@@H]4C[C@H]3CO4)cc(=O)n2CCC1C(F)(F)F)c1ccc(OC(F)F)cc1. The smallest absolute Gasteiger partial charge is 0.408 e. The van der Waals surface area contributed by atoms with E-state index >= 15 is 0 Å². The van der Waals surface area contributed by atoms with Gasteiger partial charge in [-0.2, -0.15) is 26.9 Å². The zero-order valence-electron chi connectivity index (χ0n) is 18.3. The van der Waals surface area contributed by atoms with Gasteiger partial charge in [0.05, 0.1) is 25.3 Å². The molecule has 8 nitrogen and oxygen atoms in total. The van der Waals surface area contributed by atoms with Crippen molar-refractivity contribution in [2.75, 3.05) is 29.5 Å². The van der Waals surface area contributed by atoms with Crippen molar-refractivity contribution in [3.63, 3.8) is 0 Å². The first-order valence-corrected chi connectivity index (χ1v) is 11.0. The van der Waals surface area contributed by atoms with E-state index in [1.165, 1.54) is 18.2 Å². The Kier molecular flexibility index (Phi) is 5.90. The van der Waals surface area contributed by atoms with Crippen LogP contribution in [0.4, 0.5) is 33.7 Å². The monoisotopic (exact) mass is 500 g/mol. The van der Waals surface area contributed by atoms with Crippen LogP contribution in [-0.2, 0) is 11.3 Å². The summed E-state index contributed by atoms with van der Waals surface area (Å²) < 4.78 is 77.5. The van der Waals surface area contributed by atoms with Gasteiger partial charge in [-0.25, -0.2) is 0 Å². The van der Waals surface area contributed by atoms with E-state index in [9.17, 15) is 31.5 Å². The summed E-state index contributed by atoms with van der Waals surface area (Å²) in [6, 6.07) is 3.94. The maximum Gasteiger partial charge on any atom is 0.408 e. The minimum absolute atomic E-state index is 0.0113. The molecule has 2 fully saturated rings. The number of morpholine rings is 1. The van der Waals surface area contributed by atoms with E-state index < -0.39 is 43.1 Å². The number of ether oxygens (including phenoxy) is 2. The van der Waals surface area contributed by atoms with Crippen LogP contribution in [0.5, 0.6) is 5.75 Å². The molecule has 0 spiro atoms. The number of rotatable bonds is 6. The van der Waals surface area contributed by atoms with Crippen molar-refractivity contribution in [3.05, 3.63) is 46.2 Å². The first kappa shape index (κ1) is 23.5. The maximum atomic E-state index is 14.0. The van der Waals surface area contributed by atoms with Gasteiger partial charge in [-0.15, -0.1) is 0 Å². The molecular weight excluding hydrogens is 479 g/mol. The number of fused-ring (bicyclic) bond motifs is 3. The quantitative estimate of drug-likeness (QED) is 0.446. The topological polar surface area (TPSA) is 76.9 Å². The second-order valence-electron chi connectivity index (χ2n) is 8.70. The summed E-state index contributed by atoms with van der Waals surface area (Å²) in [6.45, 7) is -3.02. The van der Waals surface area contributed by atoms with Crippen molar-refractivity contribution in [1.29, 1.82) is 0 Å². The lowest BCUT2D eigenvalue weighted by Crippen LogP contribution is -2.54. The van der Waals surface area contributed by atoms with Crippen molar-refractivity contribution in [2.45, 2.75) is 50.4 Å². The minimum Gasteiger partial charge on any atom is -0.435 e. The Bertz CT molecular complexity index is 1170. The van der Waals surface area contributed by atoms with Gasteiger partial charge in [-0.05, 0) is 37.1 Å². The predicted octanol–water partition coefficient (Wildman–Crippen LogP) is 2.85. The van der Waals surface area contributed by atoms with Crippen molar-refractivity contribution in [1.82, 2.24) is 9.55 Å². The zero-order valence-corrected chi connectivity index (χ0v) is 18.3. The largest absolute Gasteiger partial charge is 0.435 e. The highest BCUT2D eigenvalue weighted by molar-refractivity contribution is 5.99. The zero-order chi connectivity index (χ0) is 24.9. The molecule has 0 amide bonds. The Morgan fingerprint density at radius 2 is 1.97 bits per heavy atom. The first-order valence-electron chi connectivity index (χ1n) is 11.0. The molecule has 2 saturated heterocycles. The van der Waals surface area contributed by atoms with E-state index in [0.717, 1.165) is 28.0 Å². The summed E-state index contributed by atoms with van der Waals surface area (Å²) >= 11 is 0. The third kappa shape index (κ3) is 4.56. The number of hydrogen-bond acceptors (Lipinski definition) is 7. The van der Waals surface area contributed by atoms with E-state index in [1.54, 1.807) is 0 Å². The number of alkyl halides is 5. The van der Waals surface area contributed by atoms with E-state index in [4.69, 9.17) is 4.74 Å². The molecule has 5 rings (SSSR count). The number of benzene rings is 1. The van der Waals surface area contributed by atoms with Crippen molar-refractivity contribution in [3.8, 4) is 5.75 Å². The van der Waals surface area contributed by atoms with E-state index in [0.29, 0.717) is 13.2 Å². The van der Waals surface area contributed by atoms with Crippen LogP contribution in [0.15, 0.2) is 35.1 Å². The van der Waals surface area contributed by atoms with Crippen LogP contribution in [0.1, 0.15) is 23.2 Å².